The van der Waals surface area contributed by atoms with Crippen LogP contribution in [0.15, 0.2) is 40.2 Å². The molecule has 1 atom stereocenters. The van der Waals surface area contributed by atoms with Crippen LogP contribution >= 0.6 is 27.3 Å². The van der Waals surface area contributed by atoms with E-state index in [4.69, 9.17) is 5.84 Å². The fraction of sp³-hybridized carbons (Fsp3) is 0.231. The maximum atomic E-state index is 12.5. The molecule has 0 aliphatic rings. The molecule has 0 saturated carbocycles. The first-order valence-corrected chi connectivity index (χ1v) is 7.43. The number of hydrogen-bond acceptors (Lipinski definition) is 3. The third-order valence-electron chi connectivity index (χ3n) is 2.85. The Morgan fingerprint density at radius 3 is 2.35 bits per heavy atom. The van der Waals surface area contributed by atoms with Crippen molar-refractivity contribution in [3.8, 4) is 0 Å². The summed E-state index contributed by atoms with van der Waals surface area (Å²) in [6.45, 7) is 0. The topological polar surface area (TPSA) is 38.0 Å². The zero-order chi connectivity index (χ0) is 14.8. The van der Waals surface area contributed by atoms with Crippen LogP contribution in [0.25, 0.3) is 0 Å². The van der Waals surface area contributed by atoms with E-state index in [-0.39, 0.29) is 6.04 Å². The van der Waals surface area contributed by atoms with Crippen molar-refractivity contribution in [3.63, 3.8) is 0 Å². The number of hydrogen-bond donors (Lipinski definition) is 2. The molecule has 0 aliphatic heterocycles. The highest BCUT2D eigenvalue weighted by atomic mass is 79.9. The molecule has 0 spiro atoms. The molecule has 3 N–H and O–H groups in total. The second-order valence-corrected chi connectivity index (χ2v) is 6.14. The van der Waals surface area contributed by atoms with Crippen molar-refractivity contribution in [1.82, 2.24) is 5.43 Å². The first kappa shape index (κ1) is 15.5. The molecule has 0 aliphatic carbocycles. The van der Waals surface area contributed by atoms with E-state index in [0.29, 0.717) is 6.42 Å². The van der Waals surface area contributed by atoms with Gasteiger partial charge in [0.1, 0.15) is 0 Å². The van der Waals surface area contributed by atoms with Crippen LogP contribution in [0.3, 0.4) is 0 Å². The highest BCUT2D eigenvalue weighted by Gasteiger charge is 2.30. The van der Waals surface area contributed by atoms with Gasteiger partial charge in [0, 0.05) is 14.7 Å². The first-order valence-electron chi connectivity index (χ1n) is 5.76. The molecule has 7 heteroatoms. The van der Waals surface area contributed by atoms with Gasteiger partial charge in [0.15, 0.2) is 0 Å². The molecule has 0 bridgehead atoms. The number of rotatable bonds is 4. The average molecular weight is 365 g/mol. The molecule has 2 aromatic rings. The number of benzene rings is 1. The van der Waals surface area contributed by atoms with E-state index >= 15 is 0 Å². The fourth-order valence-corrected chi connectivity index (χ4v) is 3.32. The molecule has 0 radical (unpaired) electrons. The monoisotopic (exact) mass is 364 g/mol. The van der Waals surface area contributed by atoms with Gasteiger partial charge in [-0.2, -0.15) is 13.2 Å². The zero-order valence-corrected chi connectivity index (χ0v) is 12.6. The number of thiophene rings is 1. The summed E-state index contributed by atoms with van der Waals surface area (Å²) < 4.78 is 38.4. The van der Waals surface area contributed by atoms with Crippen molar-refractivity contribution in [2.24, 2.45) is 5.84 Å². The van der Waals surface area contributed by atoms with E-state index < -0.39 is 11.7 Å². The molecule has 1 aromatic heterocycles. The van der Waals surface area contributed by atoms with E-state index in [1.54, 1.807) is 0 Å². The van der Waals surface area contributed by atoms with E-state index in [2.05, 4.69) is 21.4 Å². The summed E-state index contributed by atoms with van der Waals surface area (Å²) in [6, 6.07) is 6.97. The van der Waals surface area contributed by atoms with Crippen LogP contribution in [0, 0.1) is 0 Å². The maximum Gasteiger partial charge on any atom is 0.416 e. The predicted molar refractivity (Wildman–Crippen MR) is 77.2 cm³/mol. The van der Waals surface area contributed by atoms with Gasteiger partial charge < -0.3 is 0 Å². The van der Waals surface area contributed by atoms with Crippen LogP contribution in [0.5, 0.6) is 0 Å². The largest absolute Gasteiger partial charge is 0.416 e. The van der Waals surface area contributed by atoms with Crippen LogP contribution in [-0.2, 0) is 12.6 Å². The molecule has 0 amide bonds. The Kier molecular flexibility index (Phi) is 4.85. The lowest BCUT2D eigenvalue weighted by Gasteiger charge is -2.15. The minimum absolute atomic E-state index is 0.122. The zero-order valence-electron chi connectivity index (χ0n) is 10.2. The second-order valence-electron chi connectivity index (χ2n) is 4.29. The summed E-state index contributed by atoms with van der Waals surface area (Å²) in [5.41, 5.74) is 2.85. The predicted octanol–water partition coefficient (Wildman–Crippen LogP) is 4.28. The van der Waals surface area contributed by atoms with Gasteiger partial charge in [-0.05, 0) is 46.1 Å². The Bertz CT molecular complexity index is 566. The molecule has 1 aromatic carbocycles. The lowest BCUT2D eigenvalue weighted by molar-refractivity contribution is -0.137. The molecule has 20 heavy (non-hydrogen) atoms. The Morgan fingerprint density at radius 1 is 1.25 bits per heavy atom. The fourth-order valence-electron chi connectivity index (χ4n) is 1.82. The van der Waals surface area contributed by atoms with Gasteiger partial charge in [0.25, 0.3) is 0 Å². The molecule has 0 saturated heterocycles. The number of halogens is 4. The van der Waals surface area contributed by atoms with Gasteiger partial charge in [0.05, 0.1) is 11.6 Å². The number of nitrogens with one attached hydrogen (secondary N) is 1. The molecular weight excluding hydrogens is 353 g/mol. The van der Waals surface area contributed by atoms with Crippen molar-refractivity contribution >= 4 is 27.3 Å². The van der Waals surface area contributed by atoms with E-state index in [0.717, 1.165) is 27.0 Å². The second kappa shape index (κ2) is 6.26. The van der Waals surface area contributed by atoms with Crippen molar-refractivity contribution in [1.29, 1.82) is 0 Å². The van der Waals surface area contributed by atoms with Crippen LogP contribution in [0.1, 0.15) is 22.0 Å². The van der Waals surface area contributed by atoms with Crippen LogP contribution in [-0.4, -0.2) is 0 Å². The van der Waals surface area contributed by atoms with Crippen molar-refractivity contribution in [3.05, 3.63) is 56.2 Å². The number of alkyl halides is 3. The standard InChI is InChI=1S/C13H12BrF3N2S/c14-10-6-12(20-7-10)11(19-18)5-8-1-3-9(4-2-8)13(15,16)17/h1-4,6-7,11,19H,5,18H2. The third-order valence-corrected chi connectivity index (χ3v) is 4.66. The molecule has 2 rings (SSSR count). The van der Waals surface area contributed by atoms with Gasteiger partial charge in [-0.25, -0.2) is 0 Å². The normalized spacial score (nSPS) is 13.4. The van der Waals surface area contributed by atoms with Crippen LogP contribution in [0.2, 0.25) is 0 Å². The lowest BCUT2D eigenvalue weighted by Crippen LogP contribution is -2.28. The van der Waals surface area contributed by atoms with E-state index in [9.17, 15) is 13.2 Å². The summed E-state index contributed by atoms with van der Waals surface area (Å²) in [7, 11) is 0. The Hall–Kier alpha value is -0.890. The Morgan fingerprint density at radius 2 is 1.90 bits per heavy atom. The SMILES string of the molecule is NNC(Cc1ccc(C(F)(F)F)cc1)c1cc(Br)cs1. The first-order chi connectivity index (χ1) is 9.40. The summed E-state index contributed by atoms with van der Waals surface area (Å²) in [5, 5.41) is 1.94. The van der Waals surface area contributed by atoms with Gasteiger partial charge in [-0.15, -0.1) is 11.3 Å². The van der Waals surface area contributed by atoms with Crippen LogP contribution < -0.4 is 11.3 Å². The third kappa shape index (κ3) is 3.82. The smallest absolute Gasteiger partial charge is 0.271 e. The Labute approximate surface area is 126 Å². The van der Waals surface area contributed by atoms with Gasteiger partial charge in [0.2, 0.25) is 0 Å². The van der Waals surface area contributed by atoms with Crippen molar-refractivity contribution < 1.29 is 13.2 Å². The Balaban J connectivity index is 2.12. The molecular formula is C13H12BrF3N2S. The minimum atomic E-state index is -4.30. The van der Waals surface area contributed by atoms with Crippen LogP contribution in [0.4, 0.5) is 13.2 Å². The van der Waals surface area contributed by atoms with Gasteiger partial charge in [-0.3, -0.25) is 11.3 Å². The van der Waals surface area contributed by atoms with Gasteiger partial charge >= 0.3 is 6.18 Å². The summed E-state index contributed by atoms with van der Waals surface area (Å²) in [6.07, 6.45) is -3.77. The molecule has 0 fully saturated rings. The number of nitrogens with two attached hydrogens (primary N) is 1. The molecule has 108 valence electrons. The van der Waals surface area contributed by atoms with Crippen molar-refractivity contribution in [2.45, 2.75) is 18.6 Å². The quantitative estimate of drug-likeness (QED) is 0.627. The summed E-state index contributed by atoms with van der Waals surface area (Å²) in [5.74, 6) is 5.52. The highest BCUT2D eigenvalue weighted by Crippen LogP contribution is 2.31. The minimum Gasteiger partial charge on any atom is -0.271 e. The molecule has 1 unspecified atom stereocenters. The lowest BCUT2D eigenvalue weighted by atomic mass is 10.0. The highest BCUT2D eigenvalue weighted by molar-refractivity contribution is 9.10. The summed E-state index contributed by atoms with van der Waals surface area (Å²) in [4.78, 5) is 1.03. The van der Waals surface area contributed by atoms with Crippen molar-refractivity contribution in [2.75, 3.05) is 0 Å². The molecule has 2 nitrogen and oxygen atoms in total. The van der Waals surface area contributed by atoms with Gasteiger partial charge in [-0.1, -0.05) is 12.1 Å². The maximum absolute atomic E-state index is 12.5. The molecule has 1 heterocycles. The van der Waals surface area contributed by atoms with E-state index in [1.807, 2.05) is 11.4 Å². The summed E-state index contributed by atoms with van der Waals surface area (Å²) >= 11 is 4.90. The number of hydrazine groups is 1. The average Bonchev–Trinajstić information content (AvgIpc) is 2.82. The van der Waals surface area contributed by atoms with E-state index in [1.165, 1.54) is 23.5 Å².